The predicted molar refractivity (Wildman–Crippen MR) is 87.2 cm³/mol. The number of hydrogen-bond donors (Lipinski definition) is 0. The lowest BCUT2D eigenvalue weighted by Gasteiger charge is -2.36. The van der Waals surface area contributed by atoms with Gasteiger partial charge in [0, 0.05) is 6.54 Å². The van der Waals surface area contributed by atoms with Crippen LogP contribution in [0.4, 0.5) is 4.79 Å². The molecule has 0 N–H and O–H groups in total. The van der Waals surface area contributed by atoms with E-state index in [-0.39, 0.29) is 6.61 Å². The number of esters is 1. The van der Waals surface area contributed by atoms with E-state index in [0.717, 1.165) is 5.56 Å². The van der Waals surface area contributed by atoms with Gasteiger partial charge in [-0.3, -0.25) is 4.90 Å². The van der Waals surface area contributed by atoms with Gasteiger partial charge in [0.05, 0.1) is 18.2 Å². The van der Waals surface area contributed by atoms with Crippen molar-refractivity contribution in [2.45, 2.75) is 45.8 Å². The smallest absolute Gasteiger partial charge is 0.411 e. The number of benzene rings is 1. The molecule has 0 aromatic heterocycles. The van der Waals surface area contributed by atoms with Crippen molar-refractivity contribution in [1.29, 1.82) is 5.26 Å². The molecule has 1 unspecified atom stereocenters. The van der Waals surface area contributed by atoms with Gasteiger partial charge in [-0.05, 0) is 57.4 Å². The number of amides is 1. The van der Waals surface area contributed by atoms with Crippen molar-refractivity contribution in [1.82, 2.24) is 4.90 Å². The molecule has 1 aromatic rings. The number of ether oxygens (including phenoxy) is 2. The largest absolute Gasteiger partial charge is 0.464 e. The van der Waals surface area contributed by atoms with Gasteiger partial charge in [0.15, 0.2) is 6.04 Å². The van der Waals surface area contributed by atoms with Crippen LogP contribution in [-0.4, -0.2) is 35.7 Å². The summed E-state index contributed by atoms with van der Waals surface area (Å²) in [5.74, 6) is -0.492. The Labute approximate surface area is 142 Å². The van der Waals surface area contributed by atoms with Gasteiger partial charge in [0.2, 0.25) is 0 Å². The minimum Gasteiger partial charge on any atom is -0.464 e. The van der Waals surface area contributed by atoms with E-state index < -0.39 is 23.7 Å². The first-order chi connectivity index (χ1) is 11.3. The summed E-state index contributed by atoms with van der Waals surface area (Å²) in [4.78, 5) is 26.4. The van der Waals surface area contributed by atoms with Crippen LogP contribution in [0, 0.1) is 11.3 Å². The van der Waals surface area contributed by atoms with Crippen LogP contribution in [0.15, 0.2) is 18.2 Å². The Morgan fingerprint density at radius 3 is 2.67 bits per heavy atom. The number of carbonyl (C=O) groups is 2. The Bertz CT molecular complexity index is 685. The van der Waals surface area contributed by atoms with Crippen LogP contribution in [0.3, 0.4) is 0 Å². The average Bonchev–Trinajstić information content (AvgIpc) is 2.51. The number of hydrogen-bond acceptors (Lipinski definition) is 5. The van der Waals surface area contributed by atoms with Crippen LogP contribution < -0.4 is 0 Å². The zero-order valence-corrected chi connectivity index (χ0v) is 14.5. The molecule has 24 heavy (non-hydrogen) atoms. The summed E-state index contributed by atoms with van der Waals surface area (Å²) in [5, 5.41) is 9.04. The zero-order chi connectivity index (χ0) is 17.9. The van der Waals surface area contributed by atoms with Crippen molar-refractivity contribution < 1.29 is 19.1 Å². The molecule has 1 heterocycles. The highest BCUT2D eigenvalue weighted by atomic mass is 16.6. The molecule has 1 aliphatic heterocycles. The summed E-state index contributed by atoms with van der Waals surface area (Å²) < 4.78 is 10.6. The van der Waals surface area contributed by atoms with Gasteiger partial charge in [0.25, 0.3) is 0 Å². The van der Waals surface area contributed by atoms with Crippen LogP contribution in [-0.2, 0) is 20.7 Å². The third-order valence-electron chi connectivity index (χ3n) is 3.64. The fraction of sp³-hybridized carbons (Fsp3) is 0.500. The summed E-state index contributed by atoms with van der Waals surface area (Å²) in [6.45, 7) is 7.62. The maximum absolute atomic E-state index is 12.5. The van der Waals surface area contributed by atoms with Crippen LogP contribution in [0.25, 0.3) is 0 Å². The second-order valence-electron chi connectivity index (χ2n) is 6.60. The van der Waals surface area contributed by atoms with E-state index in [9.17, 15) is 9.59 Å². The Balaban J connectivity index is 2.40. The summed E-state index contributed by atoms with van der Waals surface area (Å²) in [6.07, 6.45) is 0.00978. The van der Waals surface area contributed by atoms with Crippen LogP contribution in [0.2, 0.25) is 0 Å². The van der Waals surface area contributed by atoms with Crippen LogP contribution in [0.1, 0.15) is 50.4 Å². The number of fused-ring (bicyclic) bond motifs is 1. The first-order valence-electron chi connectivity index (χ1n) is 7.96. The standard InChI is InChI=1S/C18H22N2O4/c1-5-23-16(21)15-14-7-6-12(11-19)10-13(14)8-9-20(15)17(22)24-18(2,3)4/h6-7,10,15H,5,8-9H2,1-4H3. The molecule has 0 spiro atoms. The molecule has 0 saturated carbocycles. The lowest BCUT2D eigenvalue weighted by Crippen LogP contribution is -2.46. The number of carbonyl (C=O) groups excluding carboxylic acids is 2. The zero-order valence-electron chi connectivity index (χ0n) is 14.5. The molecule has 1 aliphatic rings. The monoisotopic (exact) mass is 330 g/mol. The van der Waals surface area contributed by atoms with E-state index in [1.54, 1.807) is 45.9 Å². The van der Waals surface area contributed by atoms with E-state index in [0.29, 0.717) is 24.1 Å². The molecular formula is C18H22N2O4. The molecule has 6 heteroatoms. The Hall–Kier alpha value is -2.55. The predicted octanol–water partition coefficient (Wildman–Crippen LogP) is 2.96. The summed E-state index contributed by atoms with van der Waals surface area (Å²) in [6, 6.07) is 6.35. The third kappa shape index (κ3) is 3.85. The minimum atomic E-state index is -0.851. The first kappa shape index (κ1) is 17.8. The van der Waals surface area contributed by atoms with Gasteiger partial charge in [0.1, 0.15) is 5.60 Å². The maximum Gasteiger partial charge on any atom is 0.411 e. The fourth-order valence-electron chi connectivity index (χ4n) is 2.69. The second kappa shape index (κ2) is 6.91. The third-order valence-corrected chi connectivity index (χ3v) is 3.64. The Morgan fingerprint density at radius 1 is 1.38 bits per heavy atom. The lowest BCUT2D eigenvalue weighted by molar-refractivity contribution is -0.150. The van der Waals surface area contributed by atoms with E-state index in [1.165, 1.54) is 4.90 Å². The SMILES string of the molecule is CCOC(=O)C1c2ccc(C#N)cc2CCN1C(=O)OC(C)(C)C. The highest BCUT2D eigenvalue weighted by Gasteiger charge is 2.39. The fourth-order valence-corrected chi connectivity index (χ4v) is 2.69. The first-order valence-corrected chi connectivity index (χ1v) is 7.96. The van der Waals surface area contributed by atoms with Gasteiger partial charge in [-0.25, -0.2) is 9.59 Å². The van der Waals surface area contributed by atoms with Crippen molar-refractivity contribution in [3.8, 4) is 6.07 Å². The molecule has 2 rings (SSSR count). The molecular weight excluding hydrogens is 308 g/mol. The van der Waals surface area contributed by atoms with Crippen molar-refractivity contribution in [2.24, 2.45) is 0 Å². The van der Waals surface area contributed by atoms with Crippen molar-refractivity contribution in [2.75, 3.05) is 13.2 Å². The van der Waals surface area contributed by atoms with E-state index in [1.807, 2.05) is 0 Å². The molecule has 6 nitrogen and oxygen atoms in total. The van der Waals surface area contributed by atoms with E-state index in [4.69, 9.17) is 14.7 Å². The molecule has 1 aromatic carbocycles. The summed E-state index contributed by atoms with van der Waals surface area (Å²) >= 11 is 0. The molecule has 0 aliphatic carbocycles. The molecule has 0 fully saturated rings. The normalized spacial score (nSPS) is 16.8. The van der Waals surface area contributed by atoms with Crippen molar-refractivity contribution in [3.63, 3.8) is 0 Å². The van der Waals surface area contributed by atoms with Gasteiger partial charge < -0.3 is 9.47 Å². The maximum atomic E-state index is 12.5. The molecule has 1 amide bonds. The summed E-state index contributed by atoms with van der Waals surface area (Å²) in [7, 11) is 0. The minimum absolute atomic E-state index is 0.225. The second-order valence-corrected chi connectivity index (χ2v) is 6.60. The van der Waals surface area contributed by atoms with E-state index in [2.05, 4.69) is 6.07 Å². The van der Waals surface area contributed by atoms with Crippen molar-refractivity contribution >= 4 is 12.1 Å². The van der Waals surface area contributed by atoms with Gasteiger partial charge in [-0.15, -0.1) is 0 Å². The molecule has 0 bridgehead atoms. The molecule has 1 atom stereocenters. The van der Waals surface area contributed by atoms with Gasteiger partial charge >= 0.3 is 12.1 Å². The Kier molecular flexibility index (Phi) is 5.13. The molecule has 0 saturated heterocycles. The quantitative estimate of drug-likeness (QED) is 0.779. The molecule has 128 valence electrons. The van der Waals surface area contributed by atoms with Gasteiger partial charge in [-0.2, -0.15) is 5.26 Å². The summed E-state index contributed by atoms with van der Waals surface area (Å²) in [5.41, 5.74) is 1.44. The number of rotatable bonds is 2. The number of nitriles is 1. The highest BCUT2D eigenvalue weighted by molar-refractivity contribution is 5.84. The average molecular weight is 330 g/mol. The molecule has 0 radical (unpaired) electrons. The lowest BCUT2D eigenvalue weighted by atomic mass is 9.91. The van der Waals surface area contributed by atoms with Crippen LogP contribution in [0.5, 0.6) is 0 Å². The van der Waals surface area contributed by atoms with Gasteiger partial charge in [-0.1, -0.05) is 6.07 Å². The number of nitrogens with zero attached hydrogens (tertiary/aromatic N) is 2. The highest BCUT2D eigenvalue weighted by Crippen LogP contribution is 2.32. The van der Waals surface area contributed by atoms with E-state index >= 15 is 0 Å². The topological polar surface area (TPSA) is 79.6 Å². The van der Waals surface area contributed by atoms with Crippen molar-refractivity contribution in [3.05, 3.63) is 34.9 Å². The van der Waals surface area contributed by atoms with Crippen LogP contribution >= 0.6 is 0 Å². The Morgan fingerprint density at radius 2 is 2.08 bits per heavy atom.